The Morgan fingerprint density at radius 3 is 2.67 bits per heavy atom. The lowest BCUT2D eigenvalue weighted by molar-refractivity contribution is 0.239. The Kier molecular flexibility index (Phi) is 4.96. The lowest BCUT2D eigenvalue weighted by Gasteiger charge is -2.08. The second-order valence-electron chi connectivity index (χ2n) is 5.48. The summed E-state index contributed by atoms with van der Waals surface area (Å²) in [4.78, 5) is 16.3. The number of amides is 2. The molecule has 124 valence electrons. The third-order valence-electron chi connectivity index (χ3n) is 3.66. The quantitative estimate of drug-likeness (QED) is 0.736. The number of carbonyl (C=O) groups is 1. The lowest BCUT2D eigenvalue weighted by atomic mass is 10.1. The molecule has 0 atom stereocenters. The summed E-state index contributed by atoms with van der Waals surface area (Å²) in [5.41, 5.74) is 3.09. The fourth-order valence-corrected chi connectivity index (χ4v) is 2.90. The van der Waals surface area contributed by atoms with Gasteiger partial charge in [-0.2, -0.15) is 0 Å². The lowest BCUT2D eigenvalue weighted by Crippen LogP contribution is -2.34. The van der Waals surface area contributed by atoms with Crippen molar-refractivity contribution in [3.63, 3.8) is 0 Å². The first kappa shape index (κ1) is 16.3. The van der Waals surface area contributed by atoms with Gasteiger partial charge in [-0.3, -0.25) is 0 Å². The molecule has 0 radical (unpaired) electrons. The number of thiazole rings is 1. The molecule has 2 amide bonds. The maximum atomic E-state index is 11.9. The molecule has 3 rings (SSSR count). The van der Waals surface area contributed by atoms with Gasteiger partial charge >= 0.3 is 6.03 Å². The van der Waals surface area contributed by atoms with Crippen LogP contribution >= 0.6 is 11.3 Å². The van der Waals surface area contributed by atoms with Crippen LogP contribution < -0.4 is 10.6 Å². The van der Waals surface area contributed by atoms with Crippen LogP contribution in [0.15, 0.2) is 46.2 Å². The predicted molar refractivity (Wildman–Crippen MR) is 94.8 cm³/mol. The number of rotatable bonds is 5. The van der Waals surface area contributed by atoms with Crippen molar-refractivity contribution >= 4 is 17.4 Å². The molecule has 24 heavy (non-hydrogen) atoms. The Hall–Kier alpha value is -2.60. The van der Waals surface area contributed by atoms with Gasteiger partial charge in [0.25, 0.3) is 0 Å². The van der Waals surface area contributed by atoms with Crippen molar-refractivity contribution in [2.75, 3.05) is 0 Å². The Balaban J connectivity index is 1.50. The number of urea groups is 1. The first-order valence-electron chi connectivity index (χ1n) is 7.69. The molecule has 0 spiro atoms. The molecule has 0 bridgehead atoms. The second kappa shape index (κ2) is 7.31. The summed E-state index contributed by atoms with van der Waals surface area (Å²) in [7, 11) is 0. The molecule has 0 aliphatic heterocycles. The number of nitrogens with zero attached hydrogens (tertiary/aromatic N) is 1. The fraction of sp³-hybridized carbons (Fsp3) is 0.222. The van der Waals surface area contributed by atoms with Crippen LogP contribution in [-0.4, -0.2) is 11.0 Å². The monoisotopic (exact) mass is 341 g/mol. The van der Waals surface area contributed by atoms with Crippen molar-refractivity contribution < 1.29 is 9.21 Å². The largest absolute Gasteiger partial charge is 0.458 e. The van der Waals surface area contributed by atoms with Crippen molar-refractivity contribution in [1.29, 1.82) is 0 Å². The van der Waals surface area contributed by atoms with Gasteiger partial charge in [0, 0.05) is 11.9 Å². The van der Waals surface area contributed by atoms with Crippen LogP contribution in [0.3, 0.4) is 0 Å². The van der Waals surface area contributed by atoms with Crippen LogP contribution in [0.2, 0.25) is 0 Å². The predicted octanol–water partition coefficient (Wildman–Crippen LogP) is 4.02. The Morgan fingerprint density at radius 2 is 1.92 bits per heavy atom. The van der Waals surface area contributed by atoms with Gasteiger partial charge in [0.1, 0.15) is 11.5 Å². The molecule has 1 aromatic carbocycles. The minimum Gasteiger partial charge on any atom is -0.458 e. The van der Waals surface area contributed by atoms with E-state index in [4.69, 9.17) is 4.42 Å². The summed E-state index contributed by atoms with van der Waals surface area (Å²) >= 11 is 1.58. The highest BCUT2D eigenvalue weighted by Crippen LogP contribution is 2.23. The summed E-state index contributed by atoms with van der Waals surface area (Å²) in [6, 6.07) is 11.5. The van der Waals surface area contributed by atoms with E-state index in [1.54, 1.807) is 11.3 Å². The SMILES string of the molecule is Cc1nc(-c2ccc(CNC(=O)NCc3ccccc3C)o2)cs1. The summed E-state index contributed by atoms with van der Waals surface area (Å²) in [5, 5.41) is 8.60. The normalized spacial score (nSPS) is 10.6. The van der Waals surface area contributed by atoms with Gasteiger partial charge in [0.05, 0.1) is 11.6 Å². The standard InChI is InChI=1S/C18H19N3O2S/c1-12-5-3-4-6-14(12)9-19-18(22)20-10-15-7-8-17(23-15)16-11-24-13(2)21-16/h3-8,11H,9-10H2,1-2H3,(H2,19,20,22). The molecule has 0 saturated carbocycles. The molecule has 2 heterocycles. The summed E-state index contributed by atoms with van der Waals surface area (Å²) < 4.78 is 5.72. The topological polar surface area (TPSA) is 67.2 Å². The van der Waals surface area contributed by atoms with E-state index in [9.17, 15) is 4.79 Å². The van der Waals surface area contributed by atoms with Crippen LogP contribution in [0.5, 0.6) is 0 Å². The van der Waals surface area contributed by atoms with E-state index in [-0.39, 0.29) is 6.03 Å². The van der Waals surface area contributed by atoms with Crippen LogP contribution in [-0.2, 0) is 13.1 Å². The number of aryl methyl sites for hydroxylation is 2. The van der Waals surface area contributed by atoms with E-state index >= 15 is 0 Å². The van der Waals surface area contributed by atoms with Crippen molar-refractivity contribution in [2.45, 2.75) is 26.9 Å². The van der Waals surface area contributed by atoms with E-state index in [2.05, 4.69) is 15.6 Å². The molecular formula is C18H19N3O2S. The van der Waals surface area contributed by atoms with Gasteiger partial charge in [0.2, 0.25) is 0 Å². The zero-order valence-corrected chi connectivity index (χ0v) is 14.4. The molecule has 0 unspecified atom stereocenters. The number of hydrogen-bond donors (Lipinski definition) is 2. The summed E-state index contributed by atoms with van der Waals surface area (Å²) in [6.07, 6.45) is 0. The van der Waals surface area contributed by atoms with Gasteiger partial charge < -0.3 is 15.1 Å². The summed E-state index contributed by atoms with van der Waals surface area (Å²) in [6.45, 7) is 4.82. The number of furan rings is 1. The molecule has 5 nitrogen and oxygen atoms in total. The zero-order valence-electron chi connectivity index (χ0n) is 13.6. The smallest absolute Gasteiger partial charge is 0.315 e. The third-order valence-corrected chi connectivity index (χ3v) is 4.43. The number of benzene rings is 1. The molecule has 2 aromatic heterocycles. The van der Waals surface area contributed by atoms with E-state index in [0.29, 0.717) is 18.8 Å². The second-order valence-corrected chi connectivity index (χ2v) is 6.54. The molecule has 6 heteroatoms. The third kappa shape index (κ3) is 4.02. The van der Waals surface area contributed by atoms with Gasteiger partial charge in [0.15, 0.2) is 5.76 Å². The minimum absolute atomic E-state index is 0.222. The van der Waals surface area contributed by atoms with Crippen LogP contribution in [0.4, 0.5) is 4.79 Å². The molecule has 0 aliphatic carbocycles. The van der Waals surface area contributed by atoms with Crippen molar-refractivity contribution in [3.05, 3.63) is 63.7 Å². The van der Waals surface area contributed by atoms with Crippen LogP contribution in [0.25, 0.3) is 11.5 Å². The van der Waals surface area contributed by atoms with Gasteiger partial charge in [-0.1, -0.05) is 24.3 Å². The van der Waals surface area contributed by atoms with E-state index in [0.717, 1.165) is 27.6 Å². The van der Waals surface area contributed by atoms with Crippen molar-refractivity contribution in [2.24, 2.45) is 0 Å². The highest BCUT2D eigenvalue weighted by Gasteiger charge is 2.09. The summed E-state index contributed by atoms with van der Waals surface area (Å²) in [5.74, 6) is 1.41. The average molecular weight is 341 g/mol. The number of aromatic nitrogens is 1. The van der Waals surface area contributed by atoms with Gasteiger partial charge in [-0.05, 0) is 37.1 Å². The van der Waals surface area contributed by atoms with E-state index < -0.39 is 0 Å². The number of nitrogens with one attached hydrogen (secondary N) is 2. The Morgan fingerprint density at radius 1 is 1.12 bits per heavy atom. The van der Waals surface area contributed by atoms with E-state index in [1.807, 2.05) is 55.6 Å². The average Bonchev–Trinajstić information content (AvgIpc) is 3.21. The Bertz CT molecular complexity index is 838. The number of hydrogen-bond acceptors (Lipinski definition) is 4. The minimum atomic E-state index is -0.222. The zero-order chi connectivity index (χ0) is 16.9. The first-order valence-corrected chi connectivity index (χ1v) is 8.57. The fourth-order valence-electron chi connectivity index (χ4n) is 2.30. The van der Waals surface area contributed by atoms with Crippen LogP contribution in [0.1, 0.15) is 21.9 Å². The van der Waals surface area contributed by atoms with Crippen LogP contribution in [0, 0.1) is 13.8 Å². The van der Waals surface area contributed by atoms with E-state index in [1.165, 1.54) is 0 Å². The molecule has 0 fully saturated rings. The molecular weight excluding hydrogens is 322 g/mol. The number of carbonyl (C=O) groups excluding carboxylic acids is 1. The molecule has 3 aromatic rings. The maximum Gasteiger partial charge on any atom is 0.315 e. The maximum absolute atomic E-state index is 11.9. The Labute approximate surface area is 144 Å². The highest BCUT2D eigenvalue weighted by molar-refractivity contribution is 7.09. The highest BCUT2D eigenvalue weighted by atomic mass is 32.1. The van der Waals surface area contributed by atoms with Crippen molar-refractivity contribution in [1.82, 2.24) is 15.6 Å². The molecule has 0 aliphatic rings. The van der Waals surface area contributed by atoms with Gasteiger partial charge in [-0.15, -0.1) is 11.3 Å². The molecule has 2 N–H and O–H groups in total. The van der Waals surface area contributed by atoms with Gasteiger partial charge in [-0.25, -0.2) is 9.78 Å². The first-order chi connectivity index (χ1) is 11.6. The van der Waals surface area contributed by atoms with Crippen molar-refractivity contribution in [3.8, 4) is 11.5 Å². The molecule has 0 saturated heterocycles.